The molecule has 1 aliphatic heterocycles. The number of para-hydroxylation sites is 2. The number of piperidine rings is 1. The number of sulfonamides is 1. The highest BCUT2D eigenvalue weighted by atomic mass is 35.5. The molecule has 4 rings (SSSR count). The lowest BCUT2D eigenvalue weighted by Crippen LogP contribution is -2.26. The van der Waals surface area contributed by atoms with Gasteiger partial charge in [0.15, 0.2) is 5.82 Å². The number of ether oxygens (including phenoxy) is 1. The molecular weight excluding hydrogens is 476 g/mol. The summed E-state index contributed by atoms with van der Waals surface area (Å²) in [6.07, 6.45) is 4.76. The molecule has 1 aliphatic rings. The molecule has 2 aromatic carbocycles. The fourth-order valence-electron chi connectivity index (χ4n) is 3.86. The van der Waals surface area contributed by atoms with Gasteiger partial charge in [-0.2, -0.15) is 4.98 Å². The zero-order valence-electron chi connectivity index (χ0n) is 18.9. The Morgan fingerprint density at radius 2 is 1.79 bits per heavy atom. The van der Waals surface area contributed by atoms with E-state index in [0.29, 0.717) is 34.8 Å². The second-order valence-electron chi connectivity index (χ2n) is 8.04. The second-order valence-corrected chi connectivity index (χ2v) is 10.2. The number of hydrogen-bond acceptors (Lipinski definition) is 8. The Kier molecular flexibility index (Phi) is 7.40. The van der Waals surface area contributed by atoms with E-state index in [1.807, 2.05) is 6.07 Å². The van der Waals surface area contributed by atoms with Crippen molar-refractivity contribution >= 4 is 50.5 Å². The van der Waals surface area contributed by atoms with E-state index in [1.54, 1.807) is 31.4 Å². The molecule has 34 heavy (non-hydrogen) atoms. The van der Waals surface area contributed by atoms with Crippen molar-refractivity contribution in [2.75, 3.05) is 41.8 Å². The van der Waals surface area contributed by atoms with Gasteiger partial charge in [-0.05, 0) is 61.7 Å². The average molecular weight is 503 g/mol. The zero-order chi connectivity index (χ0) is 24.1. The third-order valence-electron chi connectivity index (χ3n) is 5.50. The molecule has 1 aromatic heterocycles. The Hall–Kier alpha value is -3.08. The first-order chi connectivity index (χ1) is 16.3. The van der Waals surface area contributed by atoms with E-state index in [0.717, 1.165) is 37.9 Å². The minimum atomic E-state index is -3.46. The molecule has 0 saturated carbocycles. The monoisotopic (exact) mass is 502 g/mol. The van der Waals surface area contributed by atoms with E-state index in [-0.39, 0.29) is 5.02 Å². The van der Waals surface area contributed by atoms with Gasteiger partial charge >= 0.3 is 0 Å². The summed E-state index contributed by atoms with van der Waals surface area (Å²) in [6.45, 7) is 2.04. The summed E-state index contributed by atoms with van der Waals surface area (Å²) in [6, 6.07) is 13.0. The lowest BCUT2D eigenvalue weighted by atomic mass is 9.90. The summed E-state index contributed by atoms with van der Waals surface area (Å²) >= 11 is 6.32. The largest absolute Gasteiger partial charge is 0.495 e. The Morgan fingerprint density at radius 3 is 2.50 bits per heavy atom. The minimum Gasteiger partial charge on any atom is -0.495 e. The van der Waals surface area contributed by atoms with Gasteiger partial charge < -0.3 is 20.7 Å². The van der Waals surface area contributed by atoms with Crippen LogP contribution in [0.2, 0.25) is 5.02 Å². The van der Waals surface area contributed by atoms with Crippen LogP contribution in [0, 0.1) is 0 Å². The Labute approximate surface area is 204 Å². The van der Waals surface area contributed by atoms with Crippen LogP contribution in [0.25, 0.3) is 0 Å². The second kappa shape index (κ2) is 10.5. The number of methoxy groups -OCH3 is 1. The molecule has 3 aromatic rings. The quantitative estimate of drug-likeness (QED) is 0.356. The topological polar surface area (TPSA) is 117 Å². The predicted molar refractivity (Wildman–Crippen MR) is 136 cm³/mol. The van der Waals surface area contributed by atoms with Gasteiger partial charge in [0, 0.05) is 0 Å². The van der Waals surface area contributed by atoms with Crippen LogP contribution in [0.1, 0.15) is 24.3 Å². The summed E-state index contributed by atoms with van der Waals surface area (Å²) in [7, 11) is -1.82. The maximum Gasteiger partial charge on any atom is 0.229 e. The first kappa shape index (κ1) is 24.1. The number of benzene rings is 2. The van der Waals surface area contributed by atoms with Crippen LogP contribution in [0.5, 0.6) is 5.75 Å². The van der Waals surface area contributed by atoms with Crippen molar-refractivity contribution < 1.29 is 13.2 Å². The smallest absolute Gasteiger partial charge is 0.229 e. The van der Waals surface area contributed by atoms with Crippen LogP contribution >= 0.6 is 11.6 Å². The fourth-order valence-corrected chi connectivity index (χ4v) is 4.58. The standard InChI is InChI=1S/C23H27ClN6O3S/c1-33-21-13-16(15-9-11-25-12-10-15)7-8-20(21)28-23-26-14-17(24)22(29-23)27-18-5-3-4-6-19(18)30-34(2,31)32/h3-8,13-15,25,30H,9-12H2,1-2H3,(H2,26,27,28,29). The molecule has 180 valence electrons. The number of anilines is 5. The van der Waals surface area contributed by atoms with Crippen molar-refractivity contribution in [2.24, 2.45) is 0 Å². The molecule has 4 N–H and O–H groups in total. The van der Waals surface area contributed by atoms with E-state index in [4.69, 9.17) is 16.3 Å². The number of rotatable bonds is 8. The van der Waals surface area contributed by atoms with Crippen molar-refractivity contribution in [1.29, 1.82) is 0 Å². The van der Waals surface area contributed by atoms with Gasteiger partial charge in [-0.1, -0.05) is 29.8 Å². The maximum atomic E-state index is 11.7. The molecule has 0 radical (unpaired) electrons. The Morgan fingerprint density at radius 1 is 1.06 bits per heavy atom. The van der Waals surface area contributed by atoms with Gasteiger partial charge in [0.25, 0.3) is 0 Å². The lowest BCUT2D eigenvalue weighted by Gasteiger charge is -2.24. The molecule has 0 spiro atoms. The Bertz CT molecular complexity index is 1270. The van der Waals surface area contributed by atoms with Crippen LogP contribution in [-0.4, -0.2) is 44.8 Å². The first-order valence-electron chi connectivity index (χ1n) is 10.8. The number of hydrogen-bond donors (Lipinski definition) is 4. The third kappa shape index (κ3) is 6.07. The van der Waals surface area contributed by atoms with Crippen LogP contribution in [-0.2, 0) is 10.0 Å². The highest BCUT2D eigenvalue weighted by Crippen LogP contribution is 2.34. The van der Waals surface area contributed by atoms with Crippen LogP contribution < -0.4 is 25.4 Å². The molecule has 11 heteroatoms. The van der Waals surface area contributed by atoms with Crippen LogP contribution in [0.15, 0.2) is 48.7 Å². The van der Waals surface area contributed by atoms with Crippen molar-refractivity contribution in [3.63, 3.8) is 0 Å². The van der Waals surface area contributed by atoms with Gasteiger partial charge in [0.05, 0.1) is 36.6 Å². The molecule has 0 amide bonds. The molecule has 2 heterocycles. The van der Waals surface area contributed by atoms with Crippen LogP contribution in [0.4, 0.5) is 28.8 Å². The van der Waals surface area contributed by atoms with E-state index in [1.165, 1.54) is 11.8 Å². The predicted octanol–water partition coefficient (Wildman–Crippen LogP) is 4.46. The lowest BCUT2D eigenvalue weighted by molar-refractivity contribution is 0.413. The van der Waals surface area contributed by atoms with Gasteiger partial charge in [-0.3, -0.25) is 4.72 Å². The van der Waals surface area contributed by atoms with Crippen molar-refractivity contribution in [3.05, 3.63) is 59.2 Å². The molecule has 0 aliphatic carbocycles. The van der Waals surface area contributed by atoms with Gasteiger partial charge in [-0.15, -0.1) is 0 Å². The highest BCUT2D eigenvalue weighted by Gasteiger charge is 2.18. The summed E-state index contributed by atoms with van der Waals surface area (Å²) < 4.78 is 31.5. The molecule has 0 bridgehead atoms. The Balaban J connectivity index is 1.56. The zero-order valence-corrected chi connectivity index (χ0v) is 20.5. The van der Waals surface area contributed by atoms with E-state index >= 15 is 0 Å². The van der Waals surface area contributed by atoms with Gasteiger partial charge in [-0.25, -0.2) is 13.4 Å². The highest BCUT2D eigenvalue weighted by molar-refractivity contribution is 7.92. The van der Waals surface area contributed by atoms with E-state index in [9.17, 15) is 8.42 Å². The summed E-state index contributed by atoms with van der Waals surface area (Å²) in [5.41, 5.74) is 2.86. The van der Waals surface area contributed by atoms with Crippen molar-refractivity contribution in [2.45, 2.75) is 18.8 Å². The van der Waals surface area contributed by atoms with Gasteiger partial charge in [0.2, 0.25) is 16.0 Å². The maximum absolute atomic E-state index is 11.7. The van der Waals surface area contributed by atoms with Crippen molar-refractivity contribution in [1.82, 2.24) is 15.3 Å². The molecule has 0 unspecified atom stereocenters. The average Bonchev–Trinajstić information content (AvgIpc) is 2.82. The molecule has 1 saturated heterocycles. The normalized spacial score (nSPS) is 14.4. The molecule has 1 fully saturated rings. The number of nitrogens with zero attached hydrogens (tertiary/aromatic N) is 2. The van der Waals surface area contributed by atoms with Crippen molar-refractivity contribution in [3.8, 4) is 5.75 Å². The first-order valence-corrected chi connectivity index (χ1v) is 13.1. The molecule has 0 atom stereocenters. The van der Waals surface area contributed by atoms with Crippen LogP contribution in [0.3, 0.4) is 0 Å². The fraction of sp³-hybridized carbons (Fsp3) is 0.304. The SMILES string of the molecule is COc1cc(C2CCNCC2)ccc1Nc1ncc(Cl)c(Nc2ccccc2NS(C)(=O)=O)n1. The minimum absolute atomic E-state index is 0.285. The summed E-state index contributed by atoms with van der Waals surface area (Å²) in [4.78, 5) is 8.76. The van der Waals surface area contributed by atoms with Gasteiger partial charge in [0.1, 0.15) is 10.8 Å². The summed E-state index contributed by atoms with van der Waals surface area (Å²) in [5, 5.41) is 9.95. The molecule has 9 nitrogen and oxygen atoms in total. The number of nitrogens with one attached hydrogen (secondary N) is 4. The van der Waals surface area contributed by atoms with E-state index in [2.05, 4.69) is 42.8 Å². The number of aromatic nitrogens is 2. The number of halogens is 1. The summed E-state index contributed by atoms with van der Waals surface area (Å²) in [5.74, 6) is 1.85. The molecular formula is C23H27ClN6O3S. The van der Waals surface area contributed by atoms with E-state index < -0.39 is 10.0 Å². The third-order valence-corrected chi connectivity index (χ3v) is 6.37.